The maximum atomic E-state index is 6.03. The minimum absolute atomic E-state index is 0.460. The van der Waals surface area contributed by atoms with Crippen LogP contribution < -0.4 is 0 Å². The van der Waals surface area contributed by atoms with Gasteiger partial charge in [-0.25, -0.2) is 0 Å². The third kappa shape index (κ3) is 1.30. The Hall–Kier alpha value is -1.81. The lowest BCUT2D eigenvalue weighted by Crippen LogP contribution is -1.76. The quantitative estimate of drug-likeness (QED) is 0.685. The summed E-state index contributed by atoms with van der Waals surface area (Å²) in [6.45, 7) is 0. The highest BCUT2D eigenvalue weighted by Crippen LogP contribution is 2.27. The molecule has 0 spiro atoms. The van der Waals surface area contributed by atoms with Gasteiger partial charge in [-0.15, -0.1) is 10.2 Å². The van der Waals surface area contributed by atoms with Gasteiger partial charge in [0.05, 0.1) is 10.5 Å². The summed E-state index contributed by atoms with van der Waals surface area (Å²) in [5.74, 6) is 0.460. The summed E-state index contributed by atoms with van der Waals surface area (Å²) in [4.78, 5) is 3.14. The van der Waals surface area contributed by atoms with E-state index < -0.39 is 0 Å². The van der Waals surface area contributed by atoms with E-state index in [-0.39, 0.29) is 0 Å². The van der Waals surface area contributed by atoms with E-state index in [0.717, 1.165) is 16.6 Å². The number of rotatable bonds is 1. The van der Waals surface area contributed by atoms with Gasteiger partial charge in [0.2, 0.25) is 6.39 Å². The lowest BCUT2D eigenvalue weighted by atomic mass is 10.2. The van der Waals surface area contributed by atoms with Crippen molar-refractivity contribution in [3.8, 4) is 11.6 Å². The van der Waals surface area contributed by atoms with E-state index in [0.29, 0.717) is 10.9 Å². The molecule has 1 aromatic carbocycles. The number of halogens is 1. The minimum atomic E-state index is 0.460. The topological polar surface area (TPSA) is 54.7 Å². The molecule has 0 atom stereocenters. The zero-order chi connectivity index (χ0) is 10.3. The first kappa shape index (κ1) is 8.49. The van der Waals surface area contributed by atoms with Gasteiger partial charge in [0, 0.05) is 5.39 Å². The van der Waals surface area contributed by atoms with Crippen LogP contribution in [-0.4, -0.2) is 15.2 Å². The number of H-pyrrole nitrogens is 1. The van der Waals surface area contributed by atoms with Gasteiger partial charge in [-0.1, -0.05) is 23.7 Å². The van der Waals surface area contributed by atoms with E-state index in [1.165, 1.54) is 6.39 Å². The molecule has 0 aliphatic rings. The van der Waals surface area contributed by atoms with Crippen LogP contribution in [0.4, 0.5) is 0 Å². The Morgan fingerprint density at radius 1 is 1.33 bits per heavy atom. The van der Waals surface area contributed by atoms with Crippen molar-refractivity contribution in [1.29, 1.82) is 0 Å². The van der Waals surface area contributed by atoms with Crippen LogP contribution in [-0.2, 0) is 0 Å². The molecular formula is C10H6ClN3O. The predicted molar refractivity (Wildman–Crippen MR) is 56.6 cm³/mol. The smallest absolute Gasteiger partial charge is 0.263 e. The molecule has 2 heterocycles. The first-order chi connectivity index (χ1) is 7.34. The number of aromatic amines is 1. The fourth-order valence-electron chi connectivity index (χ4n) is 1.52. The number of fused-ring (bicyclic) bond motifs is 1. The predicted octanol–water partition coefficient (Wildman–Crippen LogP) is 2.87. The van der Waals surface area contributed by atoms with Crippen LogP contribution in [0.15, 0.2) is 35.1 Å². The van der Waals surface area contributed by atoms with Gasteiger partial charge in [-0.2, -0.15) is 0 Å². The summed E-state index contributed by atoms with van der Waals surface area (Å²) in [5.41, 5.74) is 1.66. The highest BCUT2D eigenvalue weighted by atomic mass is 35.5. The number of aromatic nitrogens is 3. The van der Waals surface area contributed by atoms with Crippen molar-refractivity contribution in [3.05, 3.63) is 35.7 Å². The second-order valence-corrected chi connectivity index (χ2v) is 3.54. The molecule has 0 saturated heterocycles. The highest BCUT2D eigenvalue weighted by Gasteiger charge is 2.08. The molecule has 1 N–H and O–H groups in total. The first-order valence-corrected chi connectivity index (χ1v) is 4.76. The standard InChI is InChI=1S/C10H6ClN3O/c11-7-3-1-2-6-4-8(13-9(6)7)10-14-12-5-15-10/h1-5,13H. The average molecular weight is 220 g/mol. The summed E-state index contributed by atoms with van der Waals surface area (Å²) in [5, 5.41) is 9.14. The van der Waals surface area contributed by atoms with E-state index in [2.05, 4.69) is 15.2 Å². The number of nitrogens with zero attached hydrogens (tertiary/aromatic N) is 2. The minimum Gasteiger partial charge on any atom is -0.422 e. The molecule has 15 heavy (non-hydrogen) atoms. The number of para-hydroxylation sites is 1. The van der Waals surface area contributed by atoms with Crippen LogP contribution in [0.2, 0.25) is 5.02 Å². The van der Waals surface area contributed by atoms with E-state index in [9.17, 15) is 0 Å². The molecule has 0 aliphatic carbocycles. The van der Waals surface area contributed by atoms with Crippen molar-refractivity contribution < 1.29 is 4.42 Å². The number of hydrogen-bond donors (Lipinski definition) is 1. The molecule has 0 saturated carbocycles. The Morgan fingerprint density at radius 3 is 3.00 bits per heavy atom. The largest absolute Gasteiger partial charge is 0.422 e. The van der Waals surface area contributed by atoms with Crippen LogP contribution in [0.3, 0.4) is 0 Å². The van der Waals surface area contributed by atoms with Gasteiger partial charge in [-0.05, 0) is 12.1 Å². The van der Waals surface area contributed by atoms with Gasteiger partial charge < -0.3 is 9.40 Å². The lowest BCUT2D eigenvalue weighted by molar-refractivity contribution is 0.567. The zero-order valence-electron chi connectivity index (χ0n) is 7.57. The molecule has 3 aromatic rings. The Labute approximate surface area is 89.9 Å². The molecule has 5 heteroatoms. The van der Waals surface area contributed by atoms with Gasteiger partial charge in [-0.3, -0.25) is 0 Å². The Balaban J connectivity index is 2.27. The van der Waals surface area contributed by atoms with E-state index in [4.69, 9.17) is 16.0 Å². The van der Waals surface area contributed by atoms with Crippen molar-refractivity contribution in [2.45, 2.75) is 0 Å². The summed E-state index contributed by atoms with van der Waals surface area (Å²) >= 11 is 6.03. The van der Waals surface area contributed by atoms with Gasteiger partial charge in [0.25, 0.3) is 5.89 Å². The normalized spacial score (nSPS) is 11.0. The molecule has 0 bridgehead atoms. The van der Waals surface area contributed by atoms with Crippen LogP contribution >= 0.6 is 11.6 Å². The fourth-order valence-corrected chi connectivity index (χ4v) is 1.75. The molecular weight excluding hydrogens is 214 g/mol. The number of hydrogen-bond acceptors (Lipinski definition) is 3. The summed E-state index contributed by atoms with van der Waals surface area (Å²) in [6.07, 6.45) is 1.29. The van der Waals surface area contributed by atoms with Crippen LogP contribution in [0.5, 0.6) is 0 Å². The molecule has 0 radical (unpaired) electrons. The van der Waals surface area contributed by atoms with Crippen LogP contribution in [0.1, 0.15) is 0 Å². The fraction of sp³-hybridized carbons (Fsp3) is 0. The summed E-state index contributed by atoms with van der Waals surface area (Å²) in [6, 6.07) is 7.63. The van der Waals surface area contributed by atoms with Gasteiger partial charge in [0.15, 0.2) is 0 Å². The summed E-state index contributed by atoms with van der Waals surface area (Å²) in [7, 11) is 0. The van der Waals surface area contributed by atoms with Crippen molar-refractivity contribution in [2.75, 3.05) is 0 Å². The molecule has 74 valence electrons. The molecule has 4 nitrogen and oxygen atoms in total. The van der Waals surface area contributed by atoms with Crippen LogP contribution in [0, 0.1) is 0 Å². The van der Waals surface area contributed by atoms with Crippen molar-refractivity contribution in [2.24, 2.45) is 0 Å². The number of benzene rings is 1. The van der Waals surface area contributed by atoms with Crippen LogP contribution in [0.25, 0.3) is 22.5 Å². The van der Waals surface area contributed by atoms with Crippen molar-refractivity contribution in [3.63, 3.8) is 0 Å². The number of nitrogens with one attached hydrogen (secondary N) is 1. The Kier molecular flexibility index (Phi) is 1.76. The molecule has 2 aromatic heterocycles. The molecule has 0 aliphatic heterocycles. The molecule has 0 fully saturated rings. The zero-order valence-corrected chi connectivity index (χ0v) is 8.32. The maximum absolute atomic E-state index is 6.03. The second kappa shape index (κ2) is 3.10. The SMILES string of the molecule is Clc1cccc2cc(-c3nnco3)[nH]c12. The molecule has 0 unspecified atom stereocenters. The second-order valence-electron chi connectivity index (χ2n) is 3.13. The van der Waals surface area contributed by atoms with Gasteiger partial charge in [0.1, 0.15) is 5.69 Å². The average Bonchev–Trinajstić information content (AvgIpc) is 2.86. The third-order valence-corrected chi connectivity index (χ3v) is 2.51. The van der Waals surface area contributed by atoms with Crippen molar-refractivity contribution >= 4 is 22.5 Å². The van der Waals surface area contributed by atoms with E-state index in [1.807, 2.05) is 24.3 Å². The van der Waals surface area contributed by atoms with E-state index in [1.54, 1.807) is 0 Å². The monoisotopic (exact) mass is 219 g/mol. The lowest BCUT2D eigenvalue weighted by Gasteiger charge is -1.90. The molecule has 3 rings (SSSR count). The third-order valence-electron chi connectivity index (χ3n) is 2.20. The first-order valence-electron chi connectivity index (χ1n) is 4.38. The molecule has 0 amide bonds. The Morgan fingerprint density at radius 2 is 2.27 bits per heavy atom. The maximum Gasteiger partial charge on any atom is 0.263 e. The summed E-state index contributed by atoms with van der Waals surface area (Å²) < 4.78 is 5.09. The van der Waals surface area contributed by atoms with E-state index >= 15 is 0 Å². The van der Waals surface area contributed by atoms with Gasteiger partial charge >= 0.3 is 0 Å². The Bertz CT molecular complexity index is 600. The van der Waals surface area contributed by atoms with Crippen molar-refractivity contribution in [1.82, 2.24) is 15.2 Å². The highest BCUT2D eigenvalue weighted by molar-refractivity contribution is 6.35.